The van der Waals surface area contributed by atoms with Gasteiger partial charge in [-0.3, -0.25) is 19.7 Å². The Hall–Kier alpha value is -2.16. The number of amides is 1. The van der Waals surface area contributed by atoms with Crippen LogP contribution in [-0.2, 0) is 9.59 Å². The molecule has 0 aromatic carbocycles. The van der Waals surface area contributed by atoms with Crippen molar-refractivity contribution in [2.75, 3.05) is 13.2 Å². The van der Waals surface area contributed by atoms with Crippen LogP contribution in [0.4, 0.5) is 5.69 Å². The maximum Gasteiger partial charge on any atom is 0.322 e. The standard InChI is InChI=1S/C15H20N2O6S/c18-13-9-11(10-23-15-12(17(21)22)6-8-24-15)16(13)7-4-2-1-3-5-14(19)20/h6,8,11H,1-5,7,9-10H2,(H,19,20)/t11-/m1/s1. The molecule has 132 valence electrons. The molecule has 1 aliphatic rings. The van der Waals surface area contributed by atoms with E-state index in [-0.39, 0.29) is 35.7 Å². The van der Waals surface area contributed by atoms with Gasteiger partial charge in [-0.25, -0.2) is 0 Å². The minimum atomic E-state index is -0.784. The van der Waals surface area contributed by atoms with Gasteiger partial charge in [-0.15, -0.1) is 11.3 Å². The number of carbonyl (C=O) groups is 2. The Bertz CT molecular complexity index is 603. The van der Waals surface area contributed by atoms with Crippen molar-refractivity contribution in [3.05, 3.63) is 21.6 Å². The molecule has 2 rings (SSSR count). The lowest BCUT2D eigenvalue weighted by Gasteiger charge is -2.40. The monoisotopic (exact) mass is 356 g/mol. The maximum absolute atomic E-state index is 11.7. The van der Waals surface area contributed by atoms with Gasteiger partial charge in [0.2, 0.25) is 5.91 Å². The van der Waals surface area contributed by atoms with Gasteiger partial charge in [0.25, 0.3) is 5.06 Å². The summed E-state index contributed by atoms with van der Waals surface area (Å²) in [7, 11) is 0. The van der Waals surface area contributed by atoms with Crippen LogP contribution in [0.1, 0.15) is 38.5 Å². The summed E-state index contributed by atoms with van der Waals surface area (Å²) in [5.41, 5.74) is -0.0457. The minimum Gasteiger partial charge on any atom is -0.481 e. The number of hydrogen-bond donors (Lipinski definition) is 1. The molecule has 0 saturated carbocycles. The number of carbonyl (C=O) groups excluding carboxylic acids is 1. The molecule has 1 atom stereocenters. The second kappa shape index (κ2) is 8.62. The molecule has 1 aromatic heterocycles. The second-order valence-electron chi connectivity index (χ2n) is 5.66. The molecule has 24 heavy (non-hydrogen) atoms. The van der Waals surface area contributed by atoms with Gasteiger partial charge in [0.05, 0.1) is 17.4 Å². The van der Waals surface area contributed by atoms with Crippen LogP contribution in [0.25, 0.3) is 0 Å². The fraction of sp³-hybridized carbons (Fsp3) is 0.600. The van der Waals surface area contributed by atoms with Crippen LogP contribution in [-0.4, -0.2) is 46.0 Å². The van der Waals surface area contributed by atoms with Gasteiger partial charge in [0, 0.05) is 24.4 Å². The number of nitro groups is 1. The van der Waals surface area contributed by atoms with Crippen molar-refractivity contribution in [2.45, 2.75) is 44.6 Å². The molecule has 0 aliphatic carbocycles. The second-order valence-corrected chi connectivity index (χ2v) is 6.54. The summed E-state index contributed by atoms with van der Waals surface area (Å²) in [4.78, 5) is 34.2. The van der Waals surface area contributed by atoms with E-state index in [4.69, 9.17) is 9.84 Å². The van der Waals surface area contributed by atoms with E-state index >= 15 is 0 Å². The number of β-lactam (4-membered cyclic amide) rings is 1. The van der Waals surface area contributed by atoms with Gasteiger partial charge in [-0.2, -0.15) is 0 Å². The first-order valence-corrected chi connectivity index (χ1v) is 8.73. The van der Waals surface area contributed by atoms with Gasteiger partial charge in [0.15, 0.2) is 0 Å². The molecule has 0 spiro atoms. The summed E-state index contributed by atoms with van der Waals surface area (Å²) >= 11 is 1.17. The van der Waals surface area contributed by atoms with Crippen molar-refractivity contribution in [1.29, 1.82) is 0 Å². The predicted molar refractivity (Wildman–Crippen MR) is 87.3 cm³/mol. The number of ether oxygens (including phenoxy) is 1. The molecule has 0 radical (unpaired) electrons. The lowest BCUT2D eigenvalue weighted by atomic mass is 10.0. The Morgan fingerprint density at radius 1 is 1.42 bits per heavy atom. The third kappa shape index (κ3) is 4.92. The summed E-state index contributed by atoms with van der Waals surface area (Å²) in [5, 5.41) is 21.3. The molecule has 1 fully saturated rings. The largest absolute Gasteiger partial charge is 0.481 e. The first kappa shape index (κ1) is 18.2. The van der Waals surface area contributed by atoms with Gasteiger partial charge in [-0.1, -0.05) is 12.8 Å². The molecule has 1 N–H and O–H groups in total. The molecular formula is C15H20N2O6S. The van der Waals surface area contributed by atoms with Crippen molar-refractivity contribution in [3.63, 3.8) is 0 Å². The lowest BCUT2D eigenvalue weighted by Crippen LogP contribution is -2.55. The highest BCUT2D eigenvalue weighted by atomic mass is 32.1. The van der Waals surface area contributed by atoms with E-state index in [2.05, 4.69) is 0 Å². The van der Waals surface area contributed by atoms with E-state index in [9.17, 15) is 19.7 Å². The Morgan fingerprint density at radius 3 is 2.83 bits per heavy atom. The molecule has 0 unspecified atom stereocenters. The number of carboxylic acid groups (broad SMARTS) is 1. The van der Waals surface area contributed by atoms with Gasteiger partial charge in [0.1, 0.15) is 6.61 Å². The number of carboxylic acids is 1. The van der Waals surface area contributed by atoms with Crippen molar-refractivity contribution in [1.82, 2.24) is 4.90 Å². The van der Waals surface area contributed by atoms with Gasteiger partial charge < -0.3 is 14.7 Å². The van der Waals surface area contributed by atoms with Crippen LogP contribution in [0.2, 0.25) is 0 Å². The summed E-state index contributed by atoms with van der Waals surface area (Å²) in [6.45, 7) is 0.874. The van der Waals surface area contributed by atoms with E-state index in [1.54, 1.807) is 10.3 Å². The predicted octanol–water partition coefficient (Wildman–Crippen LogP) is 2.67. The number of rotatable bonds is 11. The third-order valence-electron chi connectivity index (χ3n) is 3.92. The summed E-state index contributed by atoms with van der Waals surface area (Å²) < 4.78 is 5.51. The molecule has 2 heterocycles. The normalized spacial score (nSPS) is 16.8. The highest BCUT2D eigenvalue weighted by Gasteiger charge is 2.36. The van der Waals surface area contributed by atoms with Crippen LogP contribution in [0, 0.1) is 10.1 Å². The van der Waals surface area contributed by atoms with Gasteiger partial charge in [-0.05, 0) is 12.8 Å². The van der Waals surface area contributed by atoms with E-state index in [0.29, 0.717) is 19.4 Å². The summed E-state index contributed by atoms with van der Waals surface area (Å²) in [5.74, 6) is -0.720. The zero-order chi connectivity index (χ0) is 17.5. The zero-order valence-electron chi connectivity index (χ0n) is 13.2. The fourth-order valence-electron chi connectivity index (χ4n) is 2.59. The Labute approximate surface area is 143 Å². The van der Waals surface area contributed by atoms with Crippen LogP contribution in [0.15, 0.2) is 11.4 Å². The van der Waals surface area contributed by atoms with E-state index in [1.807, 2.05) is 0 Å². The van der Waals surface area contributed by atoms with Gasteiger partial charge >= 0.3 is 11.7 Å². The number of aliphatic carboxylic acids is 1. The third-order valence-corrected chi connectivity index (χ3v) is 4.74. The van der Waals surface area contributed by atoms with Crippen LogP contribution in [0.3, 0.4) is 0 Å². The number of unbranched alkanes of at least 4 members (excludes halogenated alkanes) is 3. The average Bonchev–Trinajstić information content (AvgIpc) is 2.98. The SMILES string of the molecule is O=C(O)CCCCCCN1C(=O)C[C@@H]1COc1sccc1[N+](=O)[O-]. The van der Waals surface area contributed by atoms with Crippen molar-refractivity contribution in [3.8, 4) is 5.06 Å². The lowest BCUT2D eigenvalue weighted by molar-refractivity contribution is -0.385. The molecule has 0 bridgehead atoms. The molecule has 9 heteroatoms. The van der Waals surface area contributed by atoms with Crippen LogP contribution >= 0.6 is 11.3 Å². The summed E-state index contributed by atoms with van der Waals surface area (Å²) in [6.07, 6.45) is 3.76. The zero-order valence-corrected chi connectivity index (χ0v) is 14.0. The fourth-order valence-corrected chi connectivity index (χ4v) is 3.31. The maximum atomic E-state index is 11.7. The topological polar surface area (TPSA) is 110 Å². The average molecular weight is 356 g/mol. The molecular weight excluding hydrogens is 336 g/mol. The smallest absolute Gasteiger partial charge is 0.322 e. The quantitative estimate of drug-likeness (QED) is 0.282. The Kier molecular flexibility index (Phi) is 6.53. The van der Waals surface area contributed by atoms with Crippen LogP contribution < -0.4 is 4.74 Å². The molecule has 1 saturated heterocycles. The molecule has 1 amide bonds. The number of thiophene rings is 1. The van der Waals surface area contributed by atoms with Crippen molar-refractivity contribution < 1.29 is 24.4 Å². The summed E-state index contributed by atoms with van der Waals surface area (Å²) in [6, 6.07) is 1.36. The van der Waals surface area contributed by atoms with E-state index in [1.165, 1.54) is 17.4 Å². The molecule has 1 aromatic rings. The molecule has 1 aliphatic heterocycles. The highest BCUT2D eigenvalue weighted by molar-refractivity contribution is 7.12. The van der Waals surface area contributed by atoms with E-state index in [0.717, 1.165) is 19.3 Å². The Balaban J connectivity index is 1.68. The van der Waals surface area contributed by atoms with Crippen LogP contribution in [0.5, 0.6) is 5.06 Å². The van der Waals surface area contributed by atoms with Crippen molar-refractivity contribution in [2.24, 2.45) is 0 Å². The first-order valence-electron chi connectivity index (χ1n) is 7.85. The first-order chi connectivity index (χ1) is 11.5. The molecule has 8 nitrogen and oxygen atoms in total. The Morgan fingerprint density at radius 2 is 2.17 bits per heavy atom. The number of nitrogens with zero attached hydrogens (tertiary/aromatic N) is 2. The van der Waals surface area contributed by atoms with Crippen molar-refractivity contribution >= 4 is 28.9 Å². The van der Waals surface area contributed by atoms with E-state index < -0.39 is 10.9 Å². The minimum absolute atomic E-state index is 0.0433. The number of hydrogen-bond acceptors (Lipinski definition) is 6. The number of likely N-dealkylation sites (tertiary alicyclic amines) is 1. The highest BCUT2D eigenvalue weighted by Crippen LogP contribution is 2.34.